The topological polar surface area (TPSA) is 85.7 Å². The fourth-order valence-electron chi connectivity index (χ4n) is 3.66. The number of hydrogen-bond acceptors (Lipinski definition) is 7. The van der Waals surface area contributed by atoms with Crippen molar-refractivity contribution in [2.75, 3.05) is 31.2 Å². The standard InChI is InChI=1S/C22H30N2O5S3/c1-15(2)5-7-24-16(3)13-18(17(24)4)19(25)14-29-22(26)21-20(6-10-31-21)32(27,28)23-8-11-30-12-9-23/h6,10,13,15H,5,7-9,11-12,14H2,1-4H3. The summed E-state index contributed by atoms with van der Waals surface area (Å²) in [7, 11) is -3.77. The van der Waals surface area contributed by atoms with Crippen molar-refractivity contribution in [1.29, 1.82) is 0 Å². The van der Waals surface area contributed by atoms with Crippen LogP contribution in [-0.2, 0) is 21.3 Å². The Labute approximate surface area is 198 Å². The Morgan fingerprint density at radius 1 is 1.19 bits per heavy atom. The van der Waals surface area contributed by atoms with Gasteiger partial charge >= 0.3 is 5.97 Å². The van der Waals surface area contributed by atoms with Gasteiger partial charge in [-0.3, -0.25) is 4.79 Å². The highest BCUT2D eigenvalue weighted by Crippen LogP contribution is 2.28. The third-order valence-corrected chi connectivity index (χ3v) is 9.45. The van der Waals surface area contributed by atoms with Gasteiger partial charge in [-0.25, -0.2) is 13.2 Å². The van der Waals surface area contributed by atoms with E-state index in [2.05, 4.69) is 18.4 Å². The SMILES string of the molecule is Cc1cc(C(=O)COC(=O)c2sccc2S(=O)(=O)N2CCSCC2)c(C)n1CCC(C)C. The molecular formula is C22H30N2O5S3. The maximum absolute atomic E-state index is 13.0. The van der Waals surface area contributed by atoms with Gasteiger partial charge in [-0.05, 0) is 43.7 Å². The molecule has 0 radical (unpaired) electrons. The molecular weight excluding hydrogens is 468 g/mol. The van der Waals surface area contributed by atoms with Crippen molar-refractivity contribution in [3.8, 4) is 0 Å². The molecule has 2 aromatic heterocycles. The second kappa shape index (κ2) is 10.5. The van der Waals surface area contributed by atoms with Crippen LogP contribution in [0.2, 0.25) is 0 Å². The molecule has 3 rings (SSSR count). The molecule has 0 amide bonds. The average Bonchev–Trinajstić information content (AvgIpc) is 3.36. The highest BCUT2D eigenvalue weighted by molar-refractivity contribution is 7.99. The third kappa shape index (κ3) is 5.47. The highest BCUT2D eigenvalue weighted by atomic mass is 32.2. The first-order valence-corrected chi connectivity index (χ1v) is 14.1. The Morgan fingerprint density at radius 2 is 1.88 bits per heavy atom. The van der Waals surface area contributed by atoms with E-state index >= 15 is 0 Å². The molecule has 0 saturated carbocycles. The zero-order valence-corrected chi connectivity index (χ0v) is 21.4. The molecule has 0 spiro atoms. The van der Waals surface area contributed by atoms with Crippen molar-refractivity contribution in [3.63, 3.8) is 0 Å². The zero-order chi connectivity index (χ0) is 23.5. The molecule has 1 fully saturated rings. The lowest BCUT2D eigenvalue weighted by Gasteiger charge is -2.25. The summed E-state index contributed by atoms with van der Waals surface area (Å²) >= 11 is 2.72. The van der Waals surface area contributed by atoms with Crippen molar-refractivity contribution < 1.29 is 22.7 Å². The monoisotopic (exact) mass is 498 g/mol. The van der Waals surface area contributed by atoms with Crippen molar-refractivity contribution in [3.05, 3.63) is 39.3 Å². The van der Waals surface area contributed by atoms with Crippen molar-refractivity contribution in [2.45, 2.75) is 45.6 Å². The summed E-state index contributed by atoms with van der Waals surface area (Å²) in [6, 6.07) is 3.25. The average molecular weight is 499 g/mol. The lowest BCUT2D eigenvalue weighted by Crippen LogP contribution is -2.38. The van der Waals surface area contributed by atoms with Gasteiger partial charge in [0.25, 0.3) is 0 Å². The van der Waals surface area contributed by atoms with Crippen LogP contribution in [-0.4, -0.2) is 60.2 Å². The summed E-state index contributed by atoms with van der Waals surface area (Å²) in [4.78, 5) is 25.4. The number of nitrogens with zero attached hydrogens (tertiary/aromatic N) is 2. The molecule has 0 atom stereocenters. The third-order valence-electron chi connectivity index (χ3n) is 5.54. The molecule has 1 saturated heterocycles. The number of aryl methyl sites for hydroxylation is 1. The number of ether oxygens (including phenoxy) is 1. The maximum Gasteiger partial charge on any atom is 0.350 e. The number of ketones is 1. The zero-order valence-electron chi connectivity index (χ0n) is 18.9. The van der Waals surface area contributed by atoms with E-state index in [1.165, 1.54) is 10.4 Å². The largest absolute Gasteiger partial charge is 0.453 e. The van der Waals surface area contributed by atoms with Gasteiger partial charge in [0.2, 0.25) is 15.8 Å². The molecule has 0 aliphatic carbocycles. The van der Waals surface area contributed by atoms with Crippen LogP contribution >= 0.6 is 23.1 Å². The summed E-state index contributed by atoms with van der Waals surface area (Å²) in [5.74, 6) is 0.931. The molecule has 1 aliphatic heterocycles. The van der Waals surface area contributed by atoms with Crippen LogP contribution in [0.15, 0.2) is 22.4 Å². The molecule has 0 N–H and O–H groups in total. The number of esters is 1. The molecule has 1 aliphatic rings. The lowest BCUT2D eigenvalue weighted by atomic mass is 10.1. The summed E-state index contributed by atoms with van der Waals surface area (Å²) in [5, 5.41) is 1.56. The smallest absolute Gasteiger partial charge is 0.350 e. The molecule has 2 aromatic rings. The fourth-order valence-corrected chi connectivity index (χ4v) is 7.52. The predicted octanol–water partition coefficient (Wildman–Crippen LogP) is 3.99. The number of rotatable bonds is 9. The number of thioether (sulfide) groups is 1. The van der Waals surface area contributed by atoms with Crippen LogP contribution in [0.1, 0.15) is 51.7 Å². The summed E-state index contributed by atoms with van der Waals surface area (Å²) in [5.41, 5.74) is 2.37. The number of sulfonamides is 1. The fraction of sp³-hybridized carbons (Fsp3) is 0.545. The predicted molar refractivity (Wildman–Crippen MR) is 128 cm³/mol. The van der Waals surface area contributed by atoms with E-state index in [9.17, 15) is 18.0 Å². The van der Waals surface area contributed by atoms with Gasteiger partial charge in [0.1, 0.15) is 9.77 Å². The van der Waals surface area contributed by atoms with Crippen LogP contribution < -0.4 is 0 Å². The quantitative estimate of drug-likeness (QED) is 0.384. The van der Waals surface area contributed by atoms with E-state index in [4.69, 9.17) is 4.74 Å². The van der Waals surface area contributed by atoms with E-state index in [0.717, 1.165) is 47.2 Å². The van der Waals surface area contributed by atoms with Gasteiger partial charge in [0.15, 0.2) is 6.61 Å². The van der Waals surface area contributed by atoms with Gasteiger partial charge in [0.05, 0.1) is 0 Å². The highest BCUT2D eigenvalue weighted by Gasteiger charge is 2.32. The van der Waals surface area contributed by atoms with E-state index in [1.807, 2.05) is 19.9 Å². The number of carbonyl (C=O) groups is 2. The minimum atomic E-state index is -3.77. The van der Waals surface area contributed by atoms with Gasteiger partial charge in [-0.15, -0.1) is 11.3 Å². The summed E-state index contributed by atoms with van der Waals surface area (Å²) in [6.45, 7) is 9.40. The second-order valence-corrected chi connectivity index (χ2v) is 12.3. The Hall–Kier alpha value is -1.62. The molecule has 32 heavy (non-hydrogen) atoms. The summed E-state index contributed by atoms with van der Waals surface area (Å²) in [6.07, 6.45) is 1.00. The van der Waals surface area contributed by atoms with Crippen molar-refractivity contribution in [1.82, 2.24) is 8.87 Å². The Morgan fingerprint density at radius 3 is 2.53 bits per heavy atom. The van der Waals surface area contributed by atoms with Gasteiger partial charge < -0.3 is 9.30 Å². The number of aromatic nitrogens is 1. The second-order valence-electron chi connectivity index (χ2n) is 8.25. The Kier molecular flexibility index (Phi) is 8.24. The molecule has 0 bridgehead atoms. The lowest BCUT2D eigenvalue weighted by molar-refractivity contribution is 0.0476. The number of carbonyl (C=O) groups excluding carboxylic acids is 2. The first kappa shape index (κ1) is 25.0. The summed E-state index contributed by atoms with van der Waals surface area (Å²) < 4.78 is 34.7. The Bertz CT molecular complexity index is 1080. The van der Waals surface area contributed by atoms with Crippen LogP contribution in [0.3, 0.4) is 0 Å². The maximum atomic E-state index is 13.0. The Balaban J connectivity index is 1.69. The number of Topliss-reactive ketones (excluding diaryl/α,β-unsaturated/α-hetero) is 1. The van der Waals surface area contributed by atoms with E-state index < -0.39 is 22.6 Å². The van der Waals surface area contributed by atoms with Gasteiger partial charge in [-0.1, -0.05) is 13.8 Å². The molecule has 7 nitrogen and oxygen atoms in total. The number of hydrogen-bond donors (Lipinski definition) is 0. The minimum Gasteiger partial charge on any atom is -0.453 e. The molecule has 3 heterocycles. The molecule has 10 heteroatoms. The van der Waals surface area contributed by atoms with Crippen molar-refractivity contribution >= 4 is 44.9 Å². The first-order valence-electron chi connectivity index (χ1n) is 10.7. The molecule has 0 unspecified atom stereocenters. The molecule has 0 aromatic carbocycles. The normalized spacial score (nSPS) is 15.3. The van der Waals surface area contributed by atoms with E-state index in [-0.39, 0.29) is 15.6 Å². The van der Waals surface area contributed by atoms with Crippen LogP contribution in [0.25, 0.3) is 0 Å². The van der Waals surface area contributed by atoms with Crippen molar-refractivity contribution in [2.24, 2.45) is 5.92 Å². The van der Waals surface area contributed by atoms with Crippen LogP contribution in [0.5, 0.6) is 0 Å². The van der Waals surface area contributed by atoms with Crippen LogP contribution in [0.4, 0.5) is 0 Å². The van der Waals surface area contributed by atoms with Crippen LogP contribution in [0, 0.1) is 19.8 Å². The van der Waals surface area contributed by atoms with E-state index in [0.29, 0.717) is 24.6 Å². The van der Waals surface area contributed by atoms with Gasteiger partial charge in [0, 0.05) is 48.1 Å². The van der Waals surface area contributed by atoms with E-state index in [1.54, 1.807) is 17.1 Å². The van der Waals surface area contributed by atoms with Gasteiger partial charge in [-0.2, -0.15) is 16.1 Å². The number of thiophene rings is 1. The molecule has 176 valence electrons. The minimum absolute atomic E-state index is 0.0124. The first-order chi connectivity index (χ1) is 15.1.